The highest BCUT2D eigenvalue weighted by Gasteiger charge is 2.42. The number of hydrogen-bond acceptors (Lipinski definition) is 2. The molecule has 0 bridgehead atoms. The fraction of sp³-hybridized carbons (Fsp3) is 0.154. The first kappa shape index (κ1) is 35.3. The SMILES string of the molecule is CC(C)(C)c1cc2c3c(c1)c1cc(-c4ccc(C(=O)O)cc4)ccc1n3-c1cccc3c1B2c1cc(C(C)(C)C)cc2c4cc(-c5ccc(C(=O)O)cc5)ccc4n-3c12. The van der Waals surface area contributed by atoms with Gasteiger partial charge in [-0.05, 0) is 133 Å². The summed E-state index contributed by atoms with van der Waals surface area (Å²) in [6.07, 6.45) is 0. The molecule has 2 aromatic heterocycles. The lowest BCUT2D eigenvalue weighted by molar-refractivity contribution is 0.0686. The lowest BCUT2D eigenvalue weighted by Gasteiger charge is -2.35. The standard InChI is InChI=1S/C52H41BN2O4/c1-51(2,3)34-24-38-36-22-32(28-10-14-30(15-11-28)49(56)57)18-20-42(36)54-44-8-7-9-45-46(44)53(40(26-34)47(38)54)41-27-35(52(4,5)6)25-39-37-23-33(19-21-43(37)55(45)48(39)41)29-12-16-31(17-13-29)50(58)59/h7-27H,1-6H3,(H,56,57)(H,58,59). The molecule has 0 saturated carbocycles. The molecule has 286 valence electrons. The van der Waals surface area contributed by atoms with Gasteiger partial charge in [0.15, 0.2) is 0 Å². The molecule has 4 heterocycles. The summed E-state index contributed by atoms with van der Waals surface area (Å²) in [6.45, 7) is 13.7. The van der Waals surface area contributed by atoms with Gasteiger partial charge in [-0.1, -0.05) is 96.1 Å². The number of carbonyl (C=O) groups is 2. The summed E-state index contributed by atoms with van der Waals surface area (Å²) in [6, 6.07) is 44.2. The average Bonchev–Trinajstić information content (AvgIpc) is 3.73. The van der Waals surface area contributed by atoms with E-state index in [1.54, 1.807) is 24.3 Å². The van der Waals surface area contributed by atoms with Gasteiger partial charge in [0.05, 0.1) is 22.2 Å². The Labute approximate surface area is 342 Å². The number of rotatable bonds is 4. The molecule has 7 aromatic carbocycles. The minimum atomic E-state index is -0.930. The van der Waals surface area contributed by atoms with Crippen LogP contribution >= 0.6 is 0 Å². The van der Waals surface area contributed by atoms with E-state index in [1.165, 1.54) is 71.5 Å². The molecule has 0 unspecified atom stereocenters. The zero-order valence-electron chi connectivity index (χ0n) is 33.8. The summed E-state index contributed by atoms with van der Waals surface area (Å²) in [7, 11) is 0. The van der Waals surface area contributed by atoms with Gasteiger partial charge >= 0.3 is 11.9 Å². The van der Waals surface area contributed by atoms with Crippen LogP contribution in [0, 0.1) is 0 Å². The fourth-order valence-electron chi connectivity index (χ4n) is 9.84. The van der Waals surface area contributed by atoms with Crippen LogP contribution in [0.15, 0.2) is 127 Å². The first-order valence-corrected chi connectivity index (χ1v) is 20.2. The highest BCUT2D eigenvalue weighted by molar-refractivity contribution is 7.00. The van der Waals surface area contributed by atoms with Crippen molar-refractivity contribution < 1.29 is 19.8 Å². The van der Waals surface area contributed by atoms with Gasteiger partial charge in [-0.3, -0.25) is 0 Å². The minimum absolute atomic E-state index is 0.0181. The summed E-state index contributed by atoms with van der Waals surface area (Å²) in [5.41, 5.74) is 17.9. The number of carboxylic acid groups (broad SMARTS) is 2. The molecule has 9 aromatic rings. The van der Waals surface area contributed by atoms with E-state index in [1.807, 2.05) is 24.3 Å². The zero-order valence-corrected chi connectivity index (χ0v) is 33.8. The Kier molecular flexibility index (Phi) is 7.10. The molecule has 2 aliphatic heterocycles. The van der Waals surface area contributed by atoms with Crippen LogP contribution in [0.1, 0.15) is 73.4 Å². The van der Waals surface area contributed by atoms with Gasteiger partial charge < -0.3 is 19.3 Å². The van der Waals surface area contributed by atoms with Crippen molar-refractivity contribution in [2.24, 2.45) is 0 Å². The number of hydrogen-bond donors (Lipinski definition) is 2. The van der Waals surface area contributed by atoms with Gasteiger partial charge in [0.1, 0.15) is 0 Å². The molecule has 2 N–H and O–H groups in total. The van der Waals surface area contributed by atoms with Crippen LogP contribution in [0.25, 0.3) is 77.2 Å². The van der Waals surface area contributed by atoms with Crippen molar-refractivity contribution in [1.82, 2.24) is 9.13 Å². The van der Waals surface area contributed by atoms with Crippen LogP contribution in [-0.2, 0) is 10.8 Å². The zero-order chi connectivity index (χ0) is 40.9. The van der Waals surface area contributed by atoms with E-state index in [0.717, 1.165) is 33.3 Å². The highest BCUT2D eigenvalue weighted by Crippen LogP contribution is 2.43. The van der Waals surface area contributed by atoms with Crippen LogP contribution in [0.2, 0.25) is 0 Å². The molecule has 0 saturated heterocycles. The summed E-state index contributed by atoms with van der Waals surface area (Å²) in [5, 5.41) is 23.9. The van der Waals surface area contributed by atoms with Crippen molar-refractivity contribution in [3.05, 3.63) is 150 Å². The number of carboxylic acids is 2. The topological polar surface area (TPSA) is 84.5 Å². The number of aromatic nitrogens is 2. The quantitative estimate of drug-likeness (QED) is 0.175. The predicted octanol–water partition coefficient (Wildman–Crippen LogP) is 10.3. The molecule has 0 spiro atoms. The third-order valence-corrected chi connectivity index (χ3v) is 12.9. The Morgan fingerprint density at radius 3 is 1.24 bits per heavy atom. The molecular formula is C52H41BN2O4. The lowest BCUT2D eigenvalue weighted by atomic mass is 9.34. The molecule has 0 atom stereocenters. The van der Waals surface area contributed by atoms with Crippen molar-refractivity contribution in [2.45, 2.75) is 52.4 Å². The number of fused-ring (bicyclic) bond motifs is 10. The highest BCUT2D eigenvalue weighted by atomic mass is 16.4. The van der Waals surface area contributed by atoms with Gasteiger partial charge in [0.2, 0.25) is 0 Å². The largest absolute Gasteiger partial charge is 0.478 e. The molecule has 6 nitrogen and oxygen atoms in total. The van der Waals surface area contributed by atoms with E-state index in [2.05, 4.69) is 130 Å². The van der Waals surface area contributed by atoms with E-state index >= 15 is 0 Å². The normalized spacial score (nSPS) is 13.2. The number of aromatic carboxylic acids is 2. The molecule has 11 rings (SSSR count). The smallest absolute Gasteiger partial charge is 0.335 e. The minimum Gasteiger partial charge on any atom is -0.478 e. The second-order valence-electron chi connectivity index (χ2n) is 18.5. The Morgan fingerprint density at radius 2 is 0.864 bits per heavy atom. The molecular weight excluding hydrogens is 727 g/mol. The molecule has 0 radical (unpaired) electrons. The van der Waals surface area contributed by atoms with Crippen molar-refractivity contribution >= 4 is 78.7 Å². The van der Waals surface area contributed by atoms with Crippen LogP contribution in [0.3, 0.4) is 0 Å². The molecule has 2 aliphatic rings. The van der Waals surface area contributed by atoms with E-state index in [9.17, 15) is 19.8 Å². The molecule has 0 aliphatic carbocycles. The van der Waals surface area contributed by atoms with Gasteiger partial charge in [-0.2, -0.15) is 0 Å². The number of nitrogens with zero attached hydrogens (tertiary/aromatic N) is 2. The van der Waals surface area contributed by atoms with Crippen LogP contribution < -0.4 is 16.4 Å². The van der Waals surface area contributed by atoms with E-state index in [0.29, 0.717) is 0 Å². The Morgan fingerprint density at radius 1 is 0.475 bits per heavy atom. The van der Waals surface area contributed by atoms with Crippen molar-refractivity contribution in [3.63, 3.8) is 0 Å². The summed E-state index contributed by atoms with van der Waals surface area (Å²) >= 11 is 0. The first-order valence-electron chi connectivity index (χ1n) is 20.2. The van der Waals surface area contributed by atoms with E-state index in [-0.39, 0.29) is 28.7 Å². The Balaban J connectivity index is 1.23. The lowest BCUT2D eigenvalue weighted by Crippen LogP contribution is -2.59. The summed E-state index contributed by atoms with van der Waals surface area (Å²) < 4.78 is 4.97. The van der Waals surface area contributed by atoms with Gasteiger partial charge in [-0.25, -0.2) is 9.59 Å². The van der Waals surface area contributed by atoms with Crippen LogP contribution in [0.4, 0.5) is 0 Å². The maximum Gasteiger partial charge on any atom is 0.335 e. The fourth-order valence-corrected chi connectivity index (χ4v) is 9.84. The van der Waals surface area contributed by atoms with Crippen LogP contribution in [-0.4, -0.2) is 38.0 Å². The summed E-state index contributed by atoms with van der Waals surface area (Å²) in [5.74, 6) is -1.86. The molecule has 59 heavy (non-hydrogen) atoms. The first-order chi connectivity index (χ1) is 28.2. The van der Waals surface area contributed by atoms with Crippen LogP contribution in [0.5, 0.6) is 0 Å². The van der Waals surface area contributed by atoms with Crippen molar-refractivity contribution in [2.75, 3.05) is 0 Å². The molecule has 0 amide bonds. The van der Waals surface area contributed by atoms with E-state index in [4.69, 9.17) is 0 Å². The molecule has 7 heteroatoms. The van der Waals surface area contributed by atoms with E-state index < -0.39 is 11.9 Å². The second-order valence-corrected chi connectivity index (χ2v) is 18.5. The van der Waals surface area contributed by atoms with Gasteiger partial charge in [0, 0.05) is 44.0 Å². The Bertz CT molecular complexity index is 3120. The third-order valence-electron chi connectivity index (χ3n) is 12.9. The van der Waals surface area contributed by atoms with Crippen molar-refractivity contribution in [3.8, 4) is 33.6 Å². The second kappa shape index (κ2) is 11.9. The number of benzene rings is 7. The maximum atomic E-state index is 11.7. The van der Waals surface area contributed by atoms with Gasteiger partial charge in [0.25, 0.3) is 6.71 Å². The maximum absolute atomic E-state index is 11.7. The monoisotopic (exact) mass is 768 g/mol. The predicted molar refractivity (Wildman–Crippen MR) is 242 cm³/mol. The summed E-state index contributed by atoms with van der Waals surface area (Å²) in [4.78, 5) is 23.3. The Hall–Kier alpha value is -6.86. The van der Waals surface area contributed by atoms with Crippen molar-refractivity contribution in [1.29, 1.82) is 0 Å². The third kappa shape index (κ3) is 5.00. The average molecular weight is 769 g/mol. The van der Waals surface area contributed by atoms with Gasteiger partial charge in [-0.15, -0.1) is 0 Å². The molecule has 0 fully saturated rings.